The molecule has 0 aromatic heterocycles. The predicted octanol–water partition coefficient (Wildman–Crippen LogP) is 5.07. The number of hydrogen-bond acceptors (Lipinski definition) is 2. The molecular formula is C19H20FNO. The van der Waals surface area contributed by atoms with Crippen molar-refractivity contribution in [3.05, 3.63) is 77.2 Å². The summed E-state index contributed by atoms with van der Waals surface area (Å²) in [7, 11) is 0. The minimum absolute atomic E-state index is 0.0876. The monoisotopic (exact) mass is 297 g/mol. The smallest absolute Gasteiger partial charge is 0.187 e. The number of carbonyl (C=O) groups is 1. The number of benzene rings is 2. The van der Waals surface area contributed by atoms with Crippen molar-refractivity contribution in [3.8, 4) is 0 Å². The number of aryl methyl sites for hydroxylation is 1. The maximum absolute atomic E-state index is 13.4. The standard InChI is InChI=1S/C19H20FNO/c1-13(2)15-5-7-16(8-6-15)19(22)10-11-21-17-9-4-14(3)18(20)12-17/h4-13,21H,1-3H3/b11-10+. The number of ketones is 1. The largest absolute Gasteiger partial charge is 0.361 e. The Morgan fingerprint density at radius 1 is 1.14 bits per heavy atom. The summed E-state index contributed by atoms with van der Waals surface area (Å²) in [5, 5.41) is 2.90. The number of rotatable bonds is 5. The van der Waals surface area contributed by atoms with Gasteiger partial charge in [0.15, 0.2) is 5.78 Å². The molecule has 0 saturated carbocycles. The van der Waals surface area contributed by atoms with E-state index in [9.17, 15) is 9.18 Å². The quantitative estimate of drug-likeness (QED) is 0.617. The van der Waals surface area contributed by atoms with Crippen molar-refractivity contribution in [1.82, 2.24) is 0 Å². The third-order valence-electron chi connectivity index (χ3n) is 3.52. The molecular weight excluding hydrogens is 277 g/mol. The molecule has 0 heterocycles. The van der Waals surface area contributed by atoms with Crippen molar-refractivity contribution in [3.63, 3.8) is 0 Å². The molecule has 22 heavy (non-hydrogen) atoms. The molecule has 0 bridgehead atoms. The highest BCUT2D eigenvalue weighted by Crippen LogP contribution is 2.16. The molecule has 1 N–H and O–H groups in total. The molecule has 2 aromatic carbocycles. The second-order valence-electron chi connectivity index (χ2n) is 5.58. The zero-order chi connectivity index (χ0) is 16.1. The zero-order valence-corrected chi connectivity index (χ0v) is 13.1. The Morgan fingerprint density at radius 3 is 2.41 bits per heavy atom. The van der Waals surface area contributed by atoms with Crippen LogP contribution in [0.3, 0.4) is 0 Å². The molecule has 0 atom stereocenters. The molecule has 2 aromatic rings. The first-order chi connectivity index (χ1) is 10.5. The molecule has 3 heteroatoms. The van der Waals surface area contributed by atoms with Crippen LogP contribution >= 0.6 is 0 Å². The highest BCUT2D eigenvalue weighted by molar-refractivity contribution is 6.04. The summed E-state index contributed by atoms with van der Waals surface area (Å²) in [6.45, 7) is 5.93. The van der Waals surface area contributed by atoms with E-state index in [-0.39, 0.29) is 11.6 Å². The Bertz CT molecular complexity index is 687. The minimum Gasteiger partial charge on any atom is -0.361 e. The Kier molecular flexibility index (Phi) is 5.10. The van der Waals surface area contributed by atoms with Crippen LogP contribution in [0, 0.1) is 12.7 Å². The predicted molar refractivity (Wildman–Crippen MR) is 88.8 cm³/mol. The van der Waals surface area contributed by atoms with E-state index in [2.05, 4.69) is 19.2 Å². The van der Waals surface area contributed by atoms with Gasteiger partial charge in [0.2, 0.25) is 0 Å². The van der Waals surface area contributed by atoms with Crippen LogP contribution in [0.25, 0.3) is 0 Å². The van der Waals surface area contributed by atoms with Crippen LogP contribution in [0.15, 0.2) is 54.7 Å². The first-order valence-corrected chi connectivity index (χ1v) is 7.31. The van der Waals surface area contributed by atoms with Gasteiger partial charge in [-0.2, -0.15) is 0 Å². The Balaban J connectivity index is 2.00. The summed E-state index contributed by atoms with van der Waals surface area (Å²) < 4.78 is 13.4. The van der Waals surface area contributed by atoms with E-state index in [1.807, 2.05) is 24.3 Å². The van der Waals surface area contributed by atoms with Gasteiger partial charge in [-0.15, -0.1) is 0 Å². The number of nitrogens with one attached hydrogen (secondary N) is 1. The van der Waals surface area contributed by atoms with Crippen LogP contribution in [-0.4, -0.2) is 5.78 Å². The summed E-state index contributed by atoms with van der Waals surface area (Å²) in [5.74, 6) is 0.0854. The SMILES string of the molecule is Cc1ccc(N/C=C/C(=O)c2ccc(C(C)C)cc2)cc1F. The van der Waals surface area contributed by atoms with Crippen LogP contribution in [-0.2, 0) is 0 Å². The van der Waals surface area contributed by atoms with Crippen molar-refractivity contribution in [2.24, 2.45) is 0 Å². The first-order valence-electron chi connectivity index (χ1n) is 7.31. The average molecular weight is 297 g/mol. The van der Waals surface area contributed by atoms with Crippen LogP contribution in [0.2, 0.25) is 0 Å². The van der Waals surface area contributed by atoms with Gasteiger partial charge in [-0.05, 0) is 36.1 Å². The van der Waals surface area contributed by atoms with Gasteiger partial charge in [0, 0.05) is 23.5 Å². The summed E-state index contributed by atoms with van der Waals surface area (Å²) >= 11 is 0. The van der Waals surface area contributed by atoms with E-state index >= 15 is 0 Å². The molecule has 0 aliphatic rings. The molecule has 0 aliphatic heterocycles. The van der Waals surface area contributed by atoms with E-state index in [0.29, 0.717) is 22.7 Å². The van der Waals surface area contributed by atoms with E-state index in [1.165, 1.54) is 23.9 Å². The molecule has 0 aliphatic carbocycles. The van der Waals surface area contributed by atoms with Crippen molar-refractivity contribution in [2.75, 3.05) is 5.32 Å². The summed E-state index contributed by atoms with van der Waals surface area (Å²) in [6.07, 6.45) is 2.98. The molecule has 2 rings (SSSR count). The molecule has 0 radical (unpaired) electrons. The maximum Gasteiger partial charge on any atom is 0.187 e. The van der Waals surface area contributed by atoms with E-state index in [4.69, 9.17) is 0 Å². The molecule has 0 unspecified atom stereocenters. The normalized spacial score (nSPS) is 11.1. The molecule has 2 nitrogen and oxygen atoms in total. The fourth-order valence-corrected chi connectivity index (χ4v) is 2.02. The van der Waals surface area contributed by atoms with Crippen LogP contribution < -0.4 is 5.32 Å². The Morgan fingerprint density at radius 2 is 1.82 bits per heavy atom. The lowest BCUT2D eigenvalue weighted by molar-refractivity contribution is 0.104. The Labute approximate surface area is 130 Å². The van der Waals surface area contributed by atoms with Crippen LogP contribution in [0.1, 0.15) is 41.3 Å². The third-order valence-corrected chi connectivity index (χ3v) is 3.52. The second kappa shape index (κ2) is 7.03. The van der Waals surface area contributed by atoms with Crippen molar-refractivity contribution in [2.45, 2.75) is 26.7 Å². The van der Waals surface area contributed by atoms with Gasteiger partial charge >= 0.3 is 0 Å². The summed E-state index contributed by atoms with van der Waals surface area (Å²) in [4.78, 5) is 12.0. The fraction of sp³-hybridized carbons (Fsp3) is 0.211. The third kappa shape index (κ3) is 4.04. The van der Waals surface area contributed by atoms with Crippen LogP contribution in [0.4, 0.5) is 10.1 Å². The number of hydrogen-bond donors (Lipinski definition) is 1. The lowest BCUT2D eigenvalue weighted by Crippen LogP contribution is -1.97. The lowest BCUT2D eigenvalue weighted by atomic mass is 10.0. The zero-order valence-electron chi connectivity index (χ0n) is 13.1. The van der Waals surface area contributed by atoms with Gasteiger partial charge in [-0.25, -0.2) is 4.39 Å². The molecule has 0 saturated heterocycles. The van der Waals surface area contributed by atoms with Gasteiger partial charge in [-0.1, -0.05) is 44.2 Å². The van der Waals surface area contributed by atoms with E-state index in [0.717, 1.165) is 0 Å². The first kappa shape index (κ1) is 16.0. The second-order valence-corrected chi connectivity index (χ2v) is 5.58. The number of halogens is 1. The molecule has 0 fully saturated rings. The van der Waals surface area contributed by atoms with Gasteiger partial charge < -0.3 is 5.32 Å². The number of carbonyl (C=O) groups excluding carboxylic acids is 1. The number of allylic oxidation sites excluding steroid dienone is 1. The van der Waals surface area contributed by atoms with E-state index in [1.54, 1.807) is 19.1 Å². The highest BCUT2D eigenvalue weighted by atomic mass is 19.1. The lowest BCUT2D eigenvalue weighted by Gasteiger charge is -2.05. The summed E-state index contributed by atoms with van der Waals surface area (Å²) in [5.41, 5.74) is 3.05. The van der Waals surface area contributed by atoms with Crippen molar-refractivity contribution >= 4 is 11.5 Å². The minimum atomic E-state index is -0.269. The van der Waals surface area contributed by atoms with Gasteiger partial charge in [0.25, 0.3) is 0 Å². The molecule has 114 valence electrons. The molecule has 0 spiro atoms. The van der Waals surface area contributed by atoms with Gasteiger partial charge in [0.05, 0.1) is 0 Å². The average Bonchev–Trinajstić information content (AvgIpc) is 2.51. The Hall–Kier alpha value is -2.42. The topological polar surface area (TPSA) is 29.1 Å². The number of anilines is 1. The highest BCUT2D eigenvalue weighted by Gasteiger charge is 2.03. The van der Waals surface area contributed by atoms with Gasteiger partial charge in [0.1, 0.15) is 5.82 Å². The summed E-state index contributed by atoms with van der Waals surface area (Å²) in [6, 6.07) is 12.5. The fourth-order valence-electron chi connectivity index (χ4n) is 2.02. The van der Waals surface area contributed by atoms with Gasteiger partial charge in [-0.3, -0.25) is 4.79 Å². The maximum atomic E-state index is 13.4. The molecule has 0 amide bonds. The van der Waals surface area contributed by atoms with Crippen molar-refractivity contribution < 1.29 is 9.18 Å². The van der Waals surface area contributed by atoms with Crippen molar-refractivity contribution in [1.29, 1.82) is 0 Å². The van der Waals surface area contributed by atoms with Crippen LogP contribution in [0.5, 0.6) is 0 Å². The van der Waals surface area contributed by atoms with E-state index < -0.39 is 0 Å².